The zero-order valence-corrected chi connectivity index (χ0v) is 21.6. The minimum absolute atomic E-state index is 0.110. The van der Waals surface area contributed by atoms with Gasteiger partial charge in [-0.25, -0.2) is 0 Å². The van der Waals surface area contributed by atoms with Gasteiger partial charge < -0.3 is 19.5 Å². The van der Waals surface area contributed by atoms with Gasteiger partial charge in [0, 0.05) is 22.1 Å². The van der Waals surface area contributed by atoms with E-state index in [1.165, 1.54) is 5.56 Å². The number of nitrogens with zero attached hydrogens (tertiary/aromatic N) is 3. The van der Waals surface area contributed by atoms with Crippen molar-refractivity contribution < 1.29 is 4.74 Å². The molecule has 1 aliphatic heterocycles. The lowest BCUT2D eigenvalue weighted by molar-refractivity contribution is 0.414. The van der Waals surface area contributed by atoms with Gasteiger partial charge in [-0.15, -0.1) is 0 Å². The van der Waals surface area contributed by atoms with E-state index in [-0.39, 0.29) is 12.1 Å². The molecule has 0 unspecified atom stereocenters. The van der Waals surface area contributed by atoms with E-state index in [9.17, 15) is 0 Å². The average Bonchev–Trinajstić information content (AvgIpc) is 3.35. The van der Waals surface area contributed by atoms with E-state index < -0.39 is 0 Å². The smallest absolute Gasteiger partial charge is 0.174 e. The summed E-state index contributed by atoms with van der Waals surface area (Å²) in [4.78, 5) is 6.84. The molecule has 1 aliphatic rings. The molecule has 2 aromatic heterocycles. The van der Waals surface area contributed by atoms with E-state index in [1.54, 1.807) is 7.11 Å². The van der Waals surface area contributed by atoms with Crippen LogP contribution in [0.3, 0.4) is 0 Å². The molecule has 1 saturated heterocycles. The predicted octanol–water partition coefficient (Wildman–Crippen LogP) is 6.44. The fourth-order valence-electron chi connectivity index (χ4n) is 4.85. The highest BCUT2D eigenvalue weighted by Crippen LogP contribution is 2.46. The molecule has 3 heterocycles. The third kappa shape index (κ3) is 3.79. The monoisotopic (exact) mass is 532 g/mol. The summed E-state index contributed by atoms with van der Waals surface area (Å²) in [5.74, 6) is 0.776. The highest BCUT2D eigenvalue weighted by Gasteiger charge is 2.43. The third-order valence-corrected chi connectivity index (χ3v) is 7.31. The van der Waals surface area contributed by atoms with Crippen LogP contribution in [0.4, 0.5) is 5.69 Å². The number of aromatic nitrogens is 2. The van der Waals surface area contributed by atoms with Crippen LogP contribution >= 0.6 is 28.1 Å². The van der Waals surface area contributed by atoms with Gasteiger partial charge in [0.15, 0.2) is 5.11 Å². The molecule has 172 valence electrons. The summed E-state index contributed by atoms with van der Waals surface area (Å²) in [6.45, 7) is 4.30. The largest absolute Gasteiger partial charge is 0.495 e. The van der Waals surface area contributed by atoms with Crippen molar-refractivity contribution in [3.63, 3.8) is 0 Å². The number of aryl methyl sites for hydroxylation is 1. The molecule has 7 heteroatoms. The van der Waals surface area contributed by atoms with E-state index in [4.69, 9.17) is 17.0 Å². The minimum atomic E-state index is -0.119. The molecule has 0 radical (unpaired) electrons. The summed E-state index contributed by atoms with van der Waals surface area (Å²) in [6, 6.07) is 24.3. The van der Waals surface area contributed by atoms with Crippen molar-refractivity contribution in [1.82, 2.24) is 14.9 Å². The molecule has 34 heavy (non-hydrogen) atoms. The van der Waals surface area contributed by atoms with Gasteiger partial charge in [0.2, 0.25) is 0 Å². The van der Waals surface area contributed by atoms with E-state index in [2.05, 4.69) is 73.8 Å². The molecule has 1 N–H and O–H groups in total. The number of thiocarbonyl (C=S) groups is 1. The predicted molar refractivity (Wildman–Crippen MR) is 144 cm³/mol. The van der Waals surface area contributed by atoms with Gasteiger partial charge in [-0.3, -0.25) is 4.98 Å². The molecule has 0 aliphatic carbocycles. The second-order valence-electron chi connectivity index (χ2n) is 8.28. The number of ether oxygens (including phenoxy) is 1. The second kappa shape index (κ2) is 9.24. The van der Waals surface area contributed by atoms with Gasteiger partial charge in [-0.05, 0) is 90.0 Å². The highest BCUT2D eigenvalue weighted by molar-refractivity contribution is 9.10. The van der Waals surface area contributed by atoms with Crippen LogP contribution in [0.5, 0.6) is 5.75 Å². The first-order valence-electron chi connectivity index (χ1n) is 11.1. The summed E-state index contributed by atoms with van der Waals surface area (Å²) in [7, 11) is 1.69. The third-order valence-electron chi connectivity index (χ3n) is 6.33. The van der Waals surface area contributed by atoms with Crippen molar-refractivity contribution in [2.75, 3.05) is 12.0 Å². The van der Waals surface area contributed by atoms with Crippen molar-refractivity contribution in [3.05, 3.63) is 106 Å². The summed E-state index contributed by atoms with van der Waals surface area (Å²) in [5.41, 5.74) is 6.46. The summed E-state index contributed by atoms with van der Waals surface area (Å²) in [6.07, 6.45) is 1.83. The van der Waals surface area contributed by atoms with Gasteiger partial charge >= 0.3 is 0 Å². The Hall–Kier alpha value is -3.16. The zero-order valence-electron chi connectivity index (χ0n) is 19.2. The van der Waals surface area contributed by atoms with Crippen LogP contribution in [0.1, 0.15) is 34.7 Å². The van der Waals surface area contributed by atoms with E-state index in [1.807, 2.05) is 54.7 Å². The number of nitrogens with one attached hydrogen (secondary N) is 1. The fraction of sp³-hybridized carbons (Fsp3) is 0.185. The van der Waals surface area contributed by atoms with Gasteiger partial charge in [0.05, 0.1) is 36.3 Å². The lowest BCUT2D eigenvalue weighted by Crippen LogP contribution is -2.30. The van der Waals surface area contributed by atoms with Gasteiger partial charge in [0.25, 0.3) is 0 Å². The Morgan fingerprint density at radius 2 is 1.68 bits per heavy atom. The Labute approximate surface area is 213 Å². The number of hydrogen-bond acceptors (Lipinski definition) is 3. The molecule has 5 nitrogen and oxygen atoms in total. The molecule has 4 aromatic rings. The van der Waals surface area contributed by atoms with Crippen LogP contribution in [0.25, 0.3) is 5.69 Å². The van der Waals surface area contributed by atoms with Crippen molar-refractivity contribution >= 4 is 38.9 Å². The Kier molecular flexibility index (Phi) is 6.15. The van der Waals surface area contributed by atoms with Crippen molar-refractivity contribution in [2.45, 2.75) is 25.9 Å². The molecule has 0 spiro atoms. The Bertz CT molecular complexity index is 1350. The van der Waals surface area contributed by atoms with Crippen LogP contribution in [0.2, 0.25) is 0 Å². The van der Waals surface area contributed by atoms with E-state index in [0.29, 0.717) is 5.11 Å². The number of hydrogen-bond donors (Lipinski definition) is 1. The molecular formula is C27H25BrN4OS. The number of anilines is 1. The average molecular weight is 533 g/mol. The number of rotatable bonds is 5. The van der Waals surface area contributed by atoms with Gasteiger partial charge in [-0.1, -0.05) is 30.3 Å². The SMILES string of the molecule is COc1ccccc1N1C(=S)N[C@H](c2ccccn2)[C@H]1c1cc(C)n(-c2ccccc2Br)c1C. The molecule has 2 atom stereocenters. The van der Waals surface area contributed by atoms with Crippen molar-refractivity contribution in [2.24, 2.45) is 0 Å². The first-order chi connectivity index (χ1) is 16.5. The normalized spacial score (nSPS) is 17.6. The van der Waals surface area contributed by atoms with Crippen molar-refractivity contribution in [1.29, 1.82) is 0 Å². The lowest BCUT2D eigenvalue weighted by atomic mass is 9.96. The van der Waals surface area contributed by atoms with E-state index >= 15 is 0 Å². The van der Waals surface area contributed by atoms with Crippen LogP contribution in [-0.4, -0.2) is 21.8 Å². The topological polar surface area (TPSA) is 42.3 Å². The Morgan fingerprint density at radius 1 is 0.971 bits per heavy atom. The molecule has 5 rings (SSSR count). The fourth-order valence-corrected chi connectivity index (χ4v) is 5.65. The molecule has 2 aromatic carbocycles. The first kappa shape index (κ1) is 22.6. The van der Waals surface area contributed by atoms with Crippen LogP contribution in [0.15, 0.2) is 83.5 Å². The zero-order chi connectivity index (χ0) is 23.8. The summed E-state index contributed by atoms with van der Waals surface area (Å²) < 4.78 is 9.06. The molecule has 0 bridgehead atoms. The molecule has 0 amide bonds. The van der Waals surface area contributed by atoms with Crippen molar-refractivity contribution in [3.8, 4) is 11.4 Å². The van der Waals surface area contributed by atoms with E-state index in [0.717, 1.165) is 38.7 Å². The number of halogens is 1. The quantitative estimate of drug-likeness (QED) is 0.299. The highest BCUT2D eigenvalue weighted by atomic mass is 79.9. The van der Waals surface area contributed by atoms with Crippen LogP contribution < -0.4 is 15.0 Å². The first-order valence-corrected chi connectivity index (χ1v) is 12.3. The van der Waals surface area contributed by atoms with Crippen LogP contribution in [-0.2, 0) is 0 Å². The van der Waals surface area contributed by atoms with Gasteiger partial charge in [0.1, 0.15) is 5.75 Å². The van der Waals surface area contributed by atoms with Crippen LogP contribution in [0, 0.1) is 13.8 Å². The molecule has 1 fully saturated rings. The minimum Gasteiger partial charge on any atom is -0.495 e. The second-order valence-corrected chi connectivity index (χ2v) is 9.52. The Morgan fingerprint density at radius 3 is 2.38 bits per heavy atom. The summed E-state index contributed by atoms with van der Waals surface area (Å²) >= 11 is 9.63. The number of benzene rings is 2. The maximum atomic E-state index is 5.90. The Balaban J connectivity index is 1.72. The summed E-state index contributed by atoms with van der Waals surface area (Å²) in [5, 5.41) is 4.20. The maximum absolute atomic E-state index is 5.90. The number of para-hydroxylation sites is 3. The number of methoxy groups -OCH3 is 1. The van der Waals surface area contributed by atoms with Gasteiger partial charge in [-0.2, -0.15) is 0 Å². The lowest BCUT2D eigenvalue weighted by Gasteiger charge is -2.29. The standard InChI is InChI=1S/C27H25BrN4OS/c1-17-16-19(18(2)31(17)22-12-5-4-10-20(22)28)26-25(21-11-8-9-15-29-21)30-27(34)32(26)23-13-6-7-14-24(23)33-3/h4-16,25-26H,1-3H3,(H,30,34)/t25-,26-/m1/s1. The molecular weight excluding hydrogens is 508 g/mol. The maximum Gasteiger partial charge on any atom is 0.174 e. The molecule has 0 saturated carbocycles. The number of pyridine rings is 1.